The van der Waals surface area contributed by atoms with Crippen molar-refractivity contribution in [1.82, 2.24) is 4.90 Å². The van der Waals surface area contributed by atoms with Crippen LogP contribution in [-0.4, -0.2) is 45.5 Å². The number of hydrogen-bond acceptors (Lipinski definition) is 4. The molecule has 19 heavy (non-hydrogen) atoms. The Kier molecular flexibility index (Phi) is 5.43. The van der Waals surface area contributed by atoms with Crippen LogP contribution in [0.15, 0.2) is 11.8 Å². The summed E-state index contributed by atoms with van der Waals surface area (Å²) >= 11 is 1.29. The summed E-state index contributed by atoms with van der Waals surface area (Å²) in [6.07, 6.45) is 5.13. The molecular formula is C13H22N2O3S. The van der Waals surface area contributed by atoms with E-state index in [1.54, 1.807) is 25.8 Å². The average Bonchev–Trinajstić information content (AvgIpc) is 2.87. The van der Waals surface area contributed by atoms with Crippen molar-refractivity contribution < 1.29 is 14.7 Å². The van der Waals surface area contributed by atoms with Gasteiger partial charge in [0.15, 0.2) is 0 Å². The molecule has 1 aliphatic carbocycles. The molecule has 0 unspecified atom stereocenters. The summed E-state index contributed by atoms with van der Waals surface area (Å²) in [6.45, 7) is 3.50. The maximum absolute atomic E-state index is 12.0. The van der Waals surface area contributed by atoms with Crippen molar-refractivity contribution in [2.24, 2.45) is 5.73 Å². The molecule has 5 nitrogen and oxygen atoms in total. The number of thioether (sulfide) groups is 1. The molecule has 1 rings (SSSR count). The number of nitrogens with zero attached hydrogens (tertiary/aromatic N) is 1. The van der Waals surface area contributed by atoms with Crippen LogP contribution in [0.5, 0.6) is 0 Å². The van der Waals surface area contributed by atoms with Gasteiger partial charge in [0.25, 0.3) is 0 Å². The molecule has 6 heteroatoms. The van der Waals surface area contributed by atoms with Gasteiger partial charge >= 0.3 is 5.97 Å². The molecule has 0 aromatic carbocycles. The summed E-state index contributed by atoms with van der Waals surface area (Å²) in [4.78, 5) is 24.6. The van der Waals surface area contributed by atoms with Gasteiger partial charge in [-0.25, -0.2) is 0 Å². The number of aliphatic carboxylic acids is 1. The van der Waals surface area contributed by atoms with E-state index in [2.05, 4.69) is 6.08 Å². The molecule has 3 N–H and O–H groups in total. The molecule has 0 bridgehead atoms. The topological polar surface area (TPSA) is 83.6 Å². The summed E-state index contributed by atoms with van der Waals surface area (Å²) in [7, 11) is 1.77. The van der Waals surface area contributed by atoms with Crippen LogP contribution >= 0.6 is 11.8 Å². The second kappa shape index (κ2) is 6.43. The summed E-state index contributed by atoms with van der Waals surface area (Å²) in [6, 6.07) is -0.985. The molecule has 0 saturated carbocycles. The van der Waals surface area contributed by atoms with Crippen LogP contribution in [0.1, 0.15) is 33.1 Å². The van der Waals surface area contributed by atoms with Gasteiger partial charge in [0, 0.05) is 17.5 Å². The third-order valence-corrected chi connectivity index (χ3v) is 4.79. The maximum Gasteiger partial charge on any atom is 0.321 e. The molecule has 1 atom stereocenters. The van der Waals surface area contributed by atoms with Crippen LogP contribution in [0.2, 0.25) is 0 Å². The lowest BCUT2D eigenvalue weighted by Gasteiger charge is -2.28. The first kappa shape index (κ1) is 16.0. The highest BCUT2D eigenvalue weighted by Crippen LogP contribution is 2.28. The van der Waals surface area contributed by atoms with Crippen molar-refractivity contribution in [3.05, 3.63) is 11.8 Å². The number of carboxylic acid groups (broad SMARTS) is 1. The van der Waals surface area contributed by atoms with Gasteiger partial charge in [-0.1, -0.05) is 6.08 Å². The van der Waals surface area contributed by atoms with Crippen LogP contribution in [-0.2, 0) is 9.59 Å². The van der Waals surface area contributed by atoms with E-state index >= 15 is 0 Å². The van der Waals surface area contributed by atoms with Crippen molar-refractivity contribution in [2.75, 3.05) is 12.8 Å². The minimum atomic E-state index is -1.04. The Bertz CT molecular complexity index is 393. The molecule has 0 aliphatic heterocycles. The first-order chi connectivity index (χ1) is 8.75. The van der Waals surface area contributed by atoms with Gasteiger partial charge in [-0.05, 0) is 33.1 Å². The van der Waals surface area contributed by atoms with Crippen LogP contribution in [0, 0.1) is 0 Å². The molecule has 0 fully saturated rings. The number of nitrogens with two attached hydrogens (primary N) is 1. The normalized spacial score (nSPS) is 16.9. The summed E-state index contributed by atoms with van der Waals surface area (Å²) in [5, 5.41) is 8.92. The van der Waals surface area contributed by atoms with Gasteiger partial charge < -0.3 is 15.7 Å². The molecule has 108 valence electrons. The summed E-state index contributed by atoms with van der Waals surface area (Å²) < 4.78 is -0.674. The zero-order valence-electron chi connectivity index (χ0n) is 11.7. The molecule has 0 saturated heterocycles. The fourth-order valence-electron chi connectivity index (χ4n) is 1.85. The van der Waals surface area contributed by atoms with E-state index in [1.165, 1.54) is 11.8 Å². The van der Waals surface area contributed by atoms with E-state index in [1.807, 2.05) is 0 Å². The third-order valence-electron chi connectivity index (χ3n) is 3.40. The summed E-state index contributed by atoms with van der Waals surface area (Å²) in [5.74, 6) is -0.817. The molecule has 1 aliphatic rings. The van der Waals surface area contributed by atoms with Gasteiger partial charge in [0.1, 0.15) is 6.04 Å². The highest BCUT2D eigenvalue weighted by Gasteiger charge is 2.33. The smallest absolute Gasteiger partial charge is 0.321 e. The van der Waals surface area contributed by atoms with Crippen LogP contribution in [0.25, 0.3) is 0 Å². The highest BCUT2D eigenvalue weighted by atomic mass is 32.2. The number of carbonyl (C=O) groups is 2. The fraction of sp³-hybridized carbons (Fsp3) is 0.692. The predicted molar refractivity (Wildman–Crippen MR) is 76.9 cm³/mol. The van der Waals surface area contributed by atoms with Gasteiger partial charge in [0.05, 0.1) is 5.75 Å². The Morgan fingerprint density at radius 2 is 2.21 bits per heavy atom. The second-order valence-electron chi connectivity index (χ2n) is 5.25. The van der Waals surface area contributed by atoms with Crippen molar-refractivity contribution >= 4 is 23.6 Å². The van der Waals surface area contributed by atoms with Crippen LogP contribution in [0.4, 0.5) is 0 Å². The number of carboxylic acids is 1. The van der Waals surface area contributed by atoms with Gasteiger partial charge in [0.2, 0.25) is 5.91 Å². The lowest BCUT2D eigenvalue weighted by atomic mass is 10.1. The molecule has 0 spiro atoms. The second-order valence-corrected chi connectivity index (χ2v) is 6.88. The molecule has 0 aromatic heterocycles. The largest absolute Gasteiger partial charge is 0.480 e. The van der Waals surface area contributed by atoms with E-state index in [9.17, 15) is 9.59 Å². The van der Waals surface area contributed by atoms with Crippen molar-refractivity contribution in [2.45, 2.75) is 43.9 Å². The lowest BCUT2D eigenvalue weighted by Crippen LogP contribution is -2.47. The first-order valence-corrected chi connectivity index (χ1v) is 7.32. The first-order valence-electron chi connectivity index (χ1n) is 6.33. The Balaban J connectivity index is 2.51. The lowest BCUT2D eigenvalue weighted by molar-refractivity contribution is -0.139. The Morgan fingerprint density at radius 3 is 2.68 bits per heavy atom. The van der Waals surface area contributed by atoms with E-state index in [4.69, 9.17) is 10.8 Å². The van der Waals surface area contributed by atoms with E-state index in [0.717, 1.165) is 25.0 Å². The van der Waals surface area contributed by atoms with E-state index in [-0.39, 0.29) is 11.7 Å². The van der Waals surface area contributed by atoms with Gasteiger partial charge in [-0.3, -0.25) is 9.59 Å². The molecule has 0 radical (unpaired) electrons. The minimum Gasteiger partial charge on any atom is -0.480 e. The number of hydrogen-bond donors (Lipinski definition) is 2. The van der Waals surface area contributed by atoms with E-state index in [0.29, 0.717) is 0 Å². The number of allylic oxidation sites excluding steroid dienone is 2. The zero-order valence-corrected chi connectivity index (χ0v) is 12.5. The molecule has 0 heterocycles. The standard InChI is InChI=1S/C13H22N2O3S/c1-13(2,11(14)12(17)18)19-8-10(16)15(3)9-6-4-5-7-9/h6,11H,4-5,7-8,14H2,1-3H3,(H,17,18)/t11-/m0/s1. The third kappa shape index (κ3) is 4.24. The van der Waals surface area contributed by atoms with Crippen LogP contribution < -0.4 is 5.73 Å². The zero-order chi connectivity index (χ0) is 14.6. The quantitative estimate of drug-likeness (QED) is 0.772. The van der Waals surface area contributed by atoms with Crippen molar-refractivity contribution in [3.8, 4) is 0 Å². The Labute approximate surface area is 118 Å². The average molecular weight is 286 g/mol. The summed E-state index contributed by atoms with van der Waals surface area (Å²) in [5.41, 5.74) is 6.68. The number of rotatable bonds is 6. The maximum atomic E-state index is 12.0. The van der Waals surface area contributed by atoms with Gasteiger partial charge in [-0.2, -0.15) is 0 Å². The Morgan fingerprint density at radius 1 is 1.58 bits per heavy atom. The predicted octanol–water partition coefficient (Wildman–Crippen LogP) is 1.44. The Hall–Kier alpha value is -1.01. The highest BCUT2D eigenvalue weighted by molar-refractivity contribution is 8.01. The molecular weight excluding hydrogens is 264 g/mol. The minimum absolute atomic E-state index is 0.0104. The SMILES string of the molecule is CN(C(=O)CSC(C)(C)[C@@H](N)C(=O)O)C1=CCCC1. The van der Waals surface area contributed by atoms with Crippen molar-refractivity contribution in [3.63, 3.8) is 0 Å². The van der Waals surface area contributed by atoms with Gasteiger partial charge in [-0.15, -0.1) is 11.8 Å². The monoisotopic (exact) mass is 286 g/mol. The molecule has 0 aromatic rings. The number of carbonyl (C=O) groups excluding carboxylic acids is 1. The van der Waals surface area contributed by atoms with E-state index < -0.39 is 16.8 Å². The fourth-order valence-corrected chi connectivity index (χ4v) is 2.82. The van der Waals surface area contributed by atoms with Crippen LogP contribution in [0.3, 0.4) is 0 Å². The van der Waals surface area contributed by atoms with Crippen molar-refractivity contribution in [1.29, 1.82) is 0 Å². The molecule has 1 amide bonds. The number of amides is 1.